The summed E-state index contributed by atoms with van der Waals surface area (Å²) in [6, 6.07) is 19.5. The van der Waals surface area contributed by atoms with Gasteiger partial charge in [0.15, 0.2) is 0 Å². The minimum absolute atomic E-state index is 0.311. The van der Waals surface area contributed by atoms with Crippen LogP contribution < -0.4 is 4.74 Å². The first-order valence-corrected chi connectivity index (χ1v) is 7.42. The number of rotatable bonds is 2. The van der Waals surface area contributed by atoms with E-state index in [2.05, 4.69) is 0 Å². The van der Waals surface area contributed by atoms with Gasteiger partial charge in [0.2, 0.25) is 0 Å². The lowest BCUT2D eigenvalue weighted by Crippen LogP contribution is -2.27. The van der Waals surface area contributed by atoms with Gasteiger partial charge in [0.1, 0.15) is 17.2 Å². The van der Waals surface area contributed by atoms with Crippen LogP contribution in [0.4, 0.5) is 4.39 Å². The number of hydrogen-bond donors (Lipinski definition) is 1. The third kappa shape index (κ3) is 1.83. The third-order valence-electron chi connectivity index (χ3n) is 4.49. The zero-order valence-electron chi connectivity index (χ0n) is 12.6. The quantitative estimate of drug-likeness (QED) is 0.772. The third-order valence-corrected chi connectivity index (χ3v) is 4.49. The first kappa shape index (κ1) is 14.0. The molecule has 0 aromatic heterocycles. The van der Waals surface area contributed by atoms with Gasteiger partial charge in [-0.15, -0.1) is 0 Å². The fraction of sp³-hybridized carbons (Fsp3) is 0.100. The lowest BCUT2D eigenvalue weighted by atomic mass is 9.84. The van der Waals surface area contributed by atoms with E-state index in [9.17, 15) is 9.50 Å². The van der Waals surface area contributed by atoms with Crippen molar-refractivity contribution in [2.24, 2.45) is 0 Å². The second-order valence-corrected chi connectivity index (χ2v) is 5.65. The van der Waals surface area contributed by atoms with Gasteiger partial charge in [0.25, 0.3) is 0 Å². The van der Waals surface area contributed by atoms with Crippen LogP contribution in [0.3, 0.4) is 0 Å². The molecule has 0 bridgehead atoms. The molecule has 3 aromatic rings. The lowest BCUT2D eigenvalue weighted by Gasteiger charge is -2.27. The predicted molar refractivity (Wildman–Crippen MR) is 86.9 cm³/mol. The Morgan fingerprint density at radius 1 is 0.870 bits per heavy atom. The average molecular weight is 306 g/mol. The van der Waals surface area contributed by atoms with Crippen LogP contribution in [-0.4, -0.2) is 12.2 Å². The number of hydrogen-bond acceptors (Lipinski definition) is 2. The molecule has 0 saturated heterocycles. The molecule has 3 aromatic carbocycles. The van der Waals surface area contributed by atoms with Gasteiger partial charge < -0.3 is 9.84 Å². The minimum Gasteiger partial charge on any atom is -0.497 e. The van der Waals surface area contributed by atoms with Gasteiger partial charge in [-0.25, -0.2) is 4.39 Å². The van der Waals surface area contributed by atoms with E-state index >= 15 is 0 Å². The first-order valence-electron chi connectivity index (χ1n) is 7.42. The molecule has 0 aliphatic heterocycles. The molecule has 0 amide bonds. The number of methoxy groups -OCH3 is 1. The van der Waals surface area contributed by atoms with Crippen molar-refractivity contribution in [1.82, 2.24) is 0 Å². The Kier molecular flexibility index (Phi) is 3.00. The highest BCUT2D eigenvalue weighted by Crippen LogP contribution is 2.51. The SMILES string of the molecule is COc1ccc(C2(O)c3ccccc3-c3cccc(F)c32)cc1. The second kappa shape index (κ2) is 4.93. The molecule has 0 radical (unpaired) electrons. The van der Waals surface area contributed by atoms with Crippen molar-refractivity contribution >= 4 is 0 Å². The van der Waals surface area contributed by atoms with Gasteiger partial charge in [0, 0.05) is 11.1 Å². The number of fused-ring (bicyclic) bond motifs is 3. The summed E-state index contributed by atoms with van der Waals surface area (Å²) in [5.74, 6) is 0.286. The van der Waals surface area contributed by atoms with Crippen LogP contribution in [-0.2, 0) is 5.60 Å². The Labute approximate surface area is 133 Å². The van der Waals surface area contributed by atoms with Crippen LogP contribution in [0.1, 0.15) is 16.7 Å². The predicted octanol–water partition coefficient (Wildman–Crippen LogP) is 4.10. The highest BCUT2D eigenvalue weighted by atomic mass is 19.1. The summed E-state index contributed by atoms with van der Waals surface area (Å²) >= 11 is 0. The van der Waals surface area contributed by atoms with E-state index in [0.717, 1.165) is 11.1 Å². The summed E-state index contributed by atoms with van der Waals surface area (Å²) < 4.78 is 19.8. The minimum atomic E-state index is -1.50. The molecule has 1 aliphatic carbocycles. The molecule has 0 heterocycles. The molecule has 1 unspecified atom stereocenters. The molecular formula is C20H15FO2. The van der Waals surface area contributed by atoms with Gasteiger partial charge in [-0.2, -0.15) is 0 Å². The number of aliphatic hydroxyl groups is 1. The fourth-order valence-corrected chi connectivity index (χ4v) is 3.42. The maximum Gasteiger partial charge on any atom is 0.144 e. The second-order valence-electron chi connectivity index (χ2n) is 5.65. The van der Waals surface area contributed by atoms with Crippen molar-refractivity contribution in [3.8, 4) is 16.9 Å². The highest BCUT2D eigenvalue weighted by Gasteiger charge is 2.44. The van der Waals surface area contributed by atoms with E-state index in [0.29, 0.717) is 22.4 Å². The van der Waals surface area contributed by atoms with Crippen LogP contribution in [0, 0.1) is 5.82 Å². The smallest absolute Gasteiger partial charge is 0.144 e. The molecule has 0 fully saturated rings. The van der Waals surface area contributed by atoms with E-state index in [4.69, 9.17) is 4.74 Å². The van der Waals surface area contributed by atoms with Crippen LogP contribution in [0.25, 0.3) is 11.1 Å². The average Bonchev–Trinajstić information content (AvgIpc) is 2.87. The molecular weight excluding hydrogens is 291 g/mol. The zero-order valence-corrected chi connectivity index (χ0v) is 12.6. The van der Waals surface area contributed by atoms with Crippen molar-refractivity contribution in [3.05, 3.63) is 89.2 Å². The topological polar surface area (TPSA) is 29.5 Å². The summed E-state index contributed by atoms with van der Waals surface area (Å²) in [5, 5.41) is 11.5. The van der Waals surface area contributed by atoms with E-state index in [-0.39, 0.29) is 0 Å². The van der Waals surface area contributed by atoms with Crippen molar-refractivity contribution in [2.45, 2.75) is 5.60 Å². The van der Waals surface area contributed by atoms with E-state index in [1.807, 2.05) is 30.3 Å². The maximum atomic E-state index is 14.6. The maximum absolute atomic E-state index is 14.6. The van der Waals surface area contributed by atoms with E-state index < -0.39 is 11.4 Å². The number of halogens is 1. The summed E-state index contributed by atoms with van der Waals surface area (Å²) in [7, 11) is 1.59. The largest absolute Gasteiger partial charge is 0.497 e. The standard InChI is InChI=1S/C20H15FO2/c1-23-14-11-9-13(10-12-14)20(22)17-7-3-2-5-15(17)16-6-4-8-18(21)19(16)20/h2-12,22H,1H3. The molecule has 114 valence electrons. The summed E-state index contributed by atoms with van der Waals surface area (Å²) in [6.07, 6.45) is 0. The van der Waals surface area contributed by atoms with Crippen LogP contribution in [0.2, 0.25) is 0 Å². The molecule has 1 atom stereocenters. The highest BCUT2D eigenvalue weighted by molar-refractivity contribution is 5.82. The monoisotopic (exact) mass is 306 g/mol. The molecule has 3 heteroatoms. The molecule has 1 N–H and O–H groups in total. The van der Waals surface area contributed by atoms with Gasteiger partial charge in [-0.05, 0) is 34.9 Å². The molecule has 2 nitrogen and oxygen atoms in total. The lowest BCUT2D eigenvalue weighted by molar-refractivity contribution is 0.126. The Bertz CT molecular complexity index is 886. The van der Waals surface area contributed by atoms with E-state index in [1.54, 1.807) is 37.4 Å². The fourth-order valence-electron chi connectivity index (χ4n) is 3.42. The zero-order chi connectivity index (χ0) is 16.0. The normalized spacial score (nSPS) is 18.4. The van der Waals surface area contributed by atoms with Crippen molar-refractivity contribution in [1.29, 1.82) is 0 Å². The van der Waals surface area contributed by atoms with Gasteiger partial charge in [-0.3, -0.25) is 0 Å². The number of ether oxygens (including phenoxy) is 1. The molecule has 0 spiro atoms. The van der Waals surface area contributed by atoms with Crippen molar-refractivity contribution < 1.29 is 14.2 Å². The van der Waals surface area contributed by atoms with Gasteiger partial charge >= 0.3 is 0 Å². The summed E-state index contributed by atoms with van der Waals surface area (Å²) in [5.41, 5.74) is 1.73. The summed E-state index contributed by atoms with van der Waals surface area (Å²) in [4.78, 5) is 0. The Morgan fingerprint density at radius 3 is 2.30 bits per heavy atom. The van der Waals surface area contributed by atoms with Gasteiger partial charge in [0.05, 0.1) is 7.11 Å². The van der Waals surface area contributed by atoms with E-state index in [1.165, 1.54) is 6.07 Å². The molecule has 4 rings (SSSR count). The molecule has 23 heavy (non-hydrogen) atoms. The van der Waals surface area contributed by atoms with Gasteiger partial charge in [-0.1, -0.05) is 48.5 Å². The molecule has 0 saturated carbocycles. The number of benzene rings is 3. The Morgan fingerprint density at radius 2 is 1.57 bits per heavy atom. The van der Waals surface area contributed by atoms with Crippen molar-refractivity contribution in [2.75, 3.05) is 7.11 Å². The first-order chi connectivity index (χ1) is 11.2. The Balaban J connectivity index is 2.04. The summed E-state index contributed by atoms with van der Waals surface area (Å²) in [6.45, 7) is 0. The van der Waals surface area contributed by atoms with Crippen LogP contribution >= 0.6 is 0 Å². The van der Waals surface area contributed by atoms with Crippen LogP contribution in [0.15, 0.2) is 66.7 Å². The Hall–Kier alpha value is -2.65. The van der Waals surface area contributed by atoms with Crippen LogP contribution in [0.5, 0.6) is 5.75 Å². The molecule has 1 aliphatic rings. The van der Waals surface area contributed by atoms with Crippen molar-refractivity contribution in [3.63, 3.8) is 0 Å².